The molecular formula is C13H20ClNO. The molecule has 3 heteroatoms. The molecule has 0 saturated carbocycles. The summed E-state index contributed by atoms with van der Waals surface area (Å²) in [4.78, 5) is 2.25. The van der Waals surface area contributed by atoms with Gasteiger partial charge >= 0.3 is 0 Å². The zero-order chi connectivity index (χ0) is 12.1. The van der Waals surface area contributed by atoms with E-state index in [2.05, 4.69) is 25.7 Å². The number of halogens is 1. The lowest BCUT2D eigenvalue weighted by molar-refractivity contribution is 0.282. The molecule has 0 radical (unpaired) electrons. The molecule has 0 aromatic heterocycles. The van der Waals surface area contributed by atoms with Gasteiger partial charge in [-0.05, 0) is 25.0 Å². The first-order valence-corrected chi connectivity index (χ1v) is 6.10. The van der Waals surface area contributed by atoms with Gasteiger partial charge in [0.2, 0.25) is 0 Å². The second kappa shape index (κ2) is 6.12. The SMILES string of the molecule is CCN(CC(C)C)c1cc(Cl)ccc1CO. The maximum atomic E-state index is 9.32. The first-order chi connectivity index (χ1) is 7.58. The van der Waals surface area contributed by atoms with E-state index in [9.17, 15) is 5.11 Å². The molecule has 0 unspecified atom stereocenters. The van der Waals surface area contributed by atoms with Crippen molar-refractivity contribution in [3.8, 4) is 0 Å². The highest BCUT2D eigenvalue weighted by molar-refractivity contribution is 6.30. The maximum absolute atomic E-state index is 9.32. The fourth-order valence-corrected chi connectivity index (χ4v) is 1.97. The van der Waals surface area contributed by atoms with Crippen LogP contribution in [0.15, 0.2) is 18.2 Å². The molecule has 2 nitrogen and oxygen atoms in total. The molecule has 1 rings (SSSR count). The third-order valence-corrected chi connectivity index (χ3v) is 2.76. The van der Waals surface area contributed by atoms with Crippen LogP contribution in [0.4, 0.5) is 5.69 Å². The van der Waals surface area contributed by atoms with Crippen molar-refractivity contribution in [1.82, 2.24) is 0 Å². The van der Waals surface area contributed by atoms with Gasteiger partial charge in [-0.1, -0.05) is 31.5 Å². The Morgan fingerprint density at radius 2 is 2.06 bits per heavy atom. The minimum absolute atomic E-state index is 0.0566. The highest BCUT2D eigenvalue weighted by Gasteiger charge is 2.11. The first kappa shape index (κ1) is 13.3. The van der Waals surface area contributed by atoms with Crippen LogP contribution < -0.4 is 4.90 Å². The lowest BCUT2D eigenvalue weighted by atomic mass is 10.1. The Balaban J connectivity index is 3.02. The molecule has 0 aliphatic heterocycles. The van der Waals surface area contributed by atoms with Crippen LogP contribution in [0.2, 0.25) is 5.02 Å². The van der Waals surface area contributed by atoms with Gasteiger partial charge in [0, 0.05) is 29.4 Å². The number of benzene rings is 1. The van der Waals surface area contributed by atoms with Gasteiger partial charge in [-0.15, -0.1) is 0 Å². The van der Waals surface area contributed by atoms with Crippen molar-refractivity contribution in [2.45, 2.75) is 27.4 Å². The van der Waals surface area contributed by atoms with Crippen LogP contribution in [0.25, 0.3) is 0 Å². The third kappa shape index (κ3) is 3.39. The highest BCUT2D eigenvalue weighted by atomic mass is 35.5. The van der Waals surface area contributed by atoms with E-state index in [-0.39, 0.29) is 6.61 Å². The van der Waals surface area contributed by atoms with Crippen molar-refractivity contribution in [2.24, 2.45) is 5.92 Å². The highest BCUT2D eigenvalue weighted by Crippen LogP contribution is 2.25. The molecule has 0 aliphatic carbocycles. The third-order valence-electron chi connectivity index (χ3n) is 2.53. The number of hydrogen-bond donors (Lipinski definition) is 1. The fourth-order valence-electron chi connectivity index (χ4n) is 1.80. The number of anilines is 1. The van der Waals surface area contributed by atoms with Gasteiger partial charge in [-0.25, -0.2) is 0 Å². The van der Waals surface area contributed by atoms with Crippen molar-refractivity contribution < 1.29 is 5.11 Å². The van der Waals surface area contributed by atoms with Gasteiger partial charge in [-0.3, -0.25) is 0 Å². The quantitative estimate of drug-likeness (QED) is 0.855. The standard InChI is InChI=1S/C13H20ClNO/c1-4-15(8-10(2)3)13-7-12(14)6-5-11(13)9-16/h5-7,10,16H,4,8-9H2,1-3H3. The fraction of sp³-hybridized carbons (Fsp3) is 0.538. The average molecular weight is 242 g/mol. The van der Waals surface area contributed by atoms with E-state index in [1.807, 2.05) is 18.2 Å². The number of rotatable bonds is 5. The normalized spacial score (nSPS) is 10.9. The topological polar surface area (TPSA) is 23.5 Å². The molecule has 0 saturated heterocycles. The van der Waals surface area contributed by atoms with E-state index in [0.29, 0.717) is 5.92 Å². The summed E-state index contributed by atoms with van der Waals surface area (Å²) in [6, 6.07) is 5.64. The maximum Gasteiger partial charge on any atom is 0.0702 e. The lowest BCUT2D eigenvalue weighted by Crippen LogP contribution is -2.28. The van der Waals surface area contributed by atoms with E-state index in [1.165, 1.54) is 0 Å². The minimum atomic E-state index is 0.0566. The van der Waals surface area contributed by atoms with Gasteiger partial charge in [0.25, 0.3) is 0 Å². The van der Waals surface area contributed by atoms with E-state index < -0.39 is 0 Å². The molecule has 90 valence electrons. The van der Waals surface area contributed by atoms with E-state index >= 15 is 0 Å². The summed E-state index contributed by atoms with van der Waals surface area (Å²) in [5.74, 6) is 0.588. The molecule has 1 aromatic carbocycles. The summed E-state index contributed by atoms with van der Waals surface area (Å²) in [6.07, 6.45) is 0. The van der Waals surface area contributed by atoms with Crippen molar-refractivity contribution in [1.29, 1.82) is 0 Å². The second-order valence-electron chi connectivity index (χ2n) is 4.36. The monoisotopic (exact) mass is 241 g/mol. The van der Waals surface area contributed by atoms with Crippen LogP contribution in [0.3, 0.4) is 0 Å². The van der Waals surface area contributed by atoms with Crippen LogP contribution in [0.5, 0.6) is 0 Å². The van der Waals surface area contributed by atoms with Crippen LogP contribution in [0, 0.1) is 5.92 Å². The van der Waals surface area contributed by atoms with Gasteiger partial charge < -0.3 is 10.0 Å². The van der Waals surface area contributed by atoms with Crippen LogP contribution >= 0.6 is 11.6 Å². The summed E-state index contributed by atoms with van der Waals surface area (Å²) in [5.41, 5.74) is 1.98. The van der Waals surface area contributed by atoms with E-state index in [0.717, 1.165) is 29.4 Å². The molecule has 16 heavy (non-hydrogen) atoms. The molecular weight excluding hydrogens is 222 g/mol. The summed E-state index contributed by atoms with van der Waals surface area (Å²) >= 11 is 6.00. The molecule has 1 aromatic rings. The van der Waals surface area contributed by atoms with Crippen molar-refractivity contribution >= 4 is 17.3 Å². The number of nitrogens with zero attached hydrogens (tertiary/aromatic N) is 1. The van der Waals surface area contributed by atoms with Gasteiger partial charge in [-0.2, -0.15) is 0 Å². The predicted molar refractivity (Wildman–Crippen MR) is 70.1 cm³/mol. The molecule has 0 aliphatic rings. The van der Waals surface area contributed by atoms with Crippen molar-refractivity contribution in [3.63, 3.8) is 0 Å². The number of aliphatic hydroxyl groups excluding tert-OH is 1. The first-order valence-electron chi connectivity index (χ1n) is 5.72. The summed E-state index contributed by atoms with van der Waals surface area (Å²) in [5, 5.41) is 10.0. The van der Waals surface area contributed by atoms with Gasteiger partial charge in [0.15, 0.2) is 0 Å². The molecule has 0 atom stereocenters. The number of hydrogen-bond acceptors (Lipinski definition) is 2. The van der Waals surface area contributed by atoms with Crippen LogP contribution in [0.1, 0.15) is 26.3 Å². The Kier molecular flexibility index (Phi) is 5.10. The minimum Gasteiger partial charge on any atom is -0.392 e. The average Bonchev–Trinajstić information content (AvgIpc) is 2.25. The molecule has 0 spiro atoms. The Hall–Kier alpha value is -0.730. The van der Waals surface area contributed by atoms with Crippen molar-refractivity contribution in [2.75, 3.05) is 18.0 Å². The predicted octanol–water partition coefficient (Wildman–Crippen LogP) is 3.31. The van der Waals surface area contributed by atoms with Gasteiger partial charge in [0.1, 0.15) is 0 Å². The van der Waals surface area contributed by atoms with Gasteiger partial charge in [0.05, 0.1) is 6.61 Å². The van der Waals surface area contributed by atoms with Crippen molar-refractivity contribution in [3.05, 3.63) is 28.8 Å². The zero-order valence-electron chi connectivity index (χ0n) is 10.2. The summed E-state index contributed by atoms with van der Waals surface area (Å²) in [6.45, 7) is 8.44. The summed E-state index contributed by atoms with van der Waals surface area (Å²) < 4.78 is 0. The number of aliphatic hydroxyl groups is 1. The lowest BCUT2D eigenvalue weighted by Gasteiger charge is -2.27. The Labute approximate surface area is 103 Å². The molecule has 0 heterocycles. The largest absolute Gasteiger partial charge is 0.392 e. The molecule has 1 N–H and O–H groups in total. The Bertz CT molecular complexity index is 339. The Morgan fingerprint density at radius 3 is 2.56 bits per heavy atom. The zero-order valence-corrected chi connectivity index (χ0v) is 11.0. The molecule has 0 bridgehead atoms. The van der Waals surface area contributed by atoms with E-state index in [1.54, 1.807) is 0 Å². The molecule has 0 amide bonds. The smallest absolute Gasteiger partial charge is 0.0702 e. The second-order valence-corrected chi connectivity index (χ2v) is 4.80. The van der Waals surface area contributed by atoms with Crippen LogP contribution in [-0.2, 0) is 6.61 Å². The van der Waals surface area contributed by atoms with Crippen LogP contribution in [-0.4, -0.2) is 18.2 Å². The summed E-state index contributed by atoms with van der Waals surface area (Å²) in [7, 11) is 0. The Morgan fingerprint density at radius 1 is 1.38 bits per heavy atom. The molecule has 0 fully saturated rings. The van der Waals surface area contributed by atoms with E-state index in [4.69, 9.17) is 11.6 Å².